The maximum Gasteiger partial charge on any atom is 0.354 e. The second kappa shape index (κ2) is 4.15. The Hall–Kier alpha value is -1.98. The Balaban J connectivity index is 2.74. The van der Waals surface area contributed by atoms with Crippen molar-refractivity contribution in [3.63, 3.8) is 0 Å². The zero-order valence-corrected chi connectivity index (χ0v) is 6.58. The van der Waals surface area contributed by atoms with Gasteiger partial charge in [-0.15, -0.1) is 0 Å². The Morgan fingerprint density at radius 1 is 1.54 bits per heavy atom. The molecule has 13 heavy (non-hydrogen) atoms. The molecule has 0 aliphatic carbocycles. The average molecular weight is 181 g/mol. The number of oxime groups is 1. The number of hydrogen-bond acceptors (Lipinski definition) is 5. The third-order valence-electron chi connectivity index (χ3n) is 1.38. The van der Waals surface area contributed by atoms with Gasteiger partial charge in [-0.1, -0.05) is 5.16 Å². The summed E-state index contributed by atoms with van der Waals surface area (Å²) in [6.07, 6.45) is 2.88. The number of aliphatic carboxylic acids is 1. The van der Waals surface area contributed by atoms with Gasteiger partial charge in [-0.25, -0.2) is 4.79 Å². The summed E-state index contributed by atoms with van der Waals surface area (Å²) >= 11 is 0. The summed E-state index contributed by atoms with van der Waals surface area (Å²) in [4.78, 5) is 10.4. The summed E-state index contributed by atoms with van der Waals surface area (Å²) in [7, 11) is 0. The van der Waals surface area contributed by atoms with Gasteiger partial charge in [0, 0.05) is 12.6 Å². The van der Waals surface area contributed by atoms with Crippen LogP contribution >= 0.6 is 0 Å². The Morgan fingerprint density at radius 3 is 2.77 bits per heavy atom. The standard InChI is InChI=1S/C7H7N3O3/c11-7(12)6(10-13)3-5-1-2-8-9-4-5/h1-2,4,13H,3H2,(H,11,12)/b10-6-. The van der Waals surface area contributed by atoms with Crippen LogP contribution in [0.4, 0.5) is 0 Å². The molecule has 0 unspecified atom stereocenters. The fraction of sp³-hybridized carbons (Fsp3) is 0.143. The minimum absolute atomic E-state index is 0.0291. The van der Waals surface area contributed by atoms with Crippen molar-refractivity contribution in [2.75, 3.05) is 0 Å². The molecular formula is C7H7N3O3. The Kier molecular flexibility index (Phi) is 2.91. The molecule has 6 nitrogen and oxygen atoms in total. The molecule has 2 N–H and O–H groups in total. The van der Waals surface area contributed by atoms with Gasteiger partial charge in [0.2, 0.25) is 0 Å². The van der Waals surface area contributed by atoms with Crippen LogP contribution in [0.2, 0.25) is 0 Å². The minimum atomic E-state index is -1.25. The topological polar surface area (TPSA) is 95.7 Å². The van der Waals surface area contributed by atoms with Crippen LogP contribution < -0.4 is 0 Å². The van der Waals surface area contributed by atoms with Crippen molar-refractivity contribution < 1.29 is 15.1 Å². The number of carboxylic acid groups (broad SMARTS) is 1. The molecule has 0 bridgehead atoms. The van der Waals surface area contributed by atoms with E-state index < -0.39 is 5.97 Å². The highest BCUT2D eigenvalue weighted by atomic mass is 16.4. The molecule has 0 spiro atoms. The molecule has 0 amide bonds. The van der Waals surface area contributed by atoms with Crippen molar-refractivity contribution in [2.45, 2.75) is 6.42 Å². The molecular weight excluding hydrogens is 174 g/mol. The van der Waals surface area contributed by atoms with Crippen molar-refractivity contribution in [2.24, 2.45) is 5.16 Å². The highest BCUT2D eigenvalue weighted by Gasteiger charge is 2.10. The summed E-state index contributed by atoms with van der Waals surface area (Å²) in [6.45, 7) is 0. The fourth-order valence-corrected chi connectivity index (χ4v) is 0.770. The molecule has 0 aliphatic rings. The molecule has 0 radical (unpaired) electrons. The smallest absolute Gasteiger partial charge is 0.354 e. The van der Waals surface area contributed by atoms with Gasteiger partial charge in [-0.2, -0.15) is 10.2 Å². The molecule has 0 aromatic carbocycles. The highest BCUT2D eigenvalue weighted by molar-refractivity contribution is 6.35. The van der Waals surface area contributed by atoms with Gasteiger partial charge in [-0.05, 0) is 11.6 Å². The van der Waals surface area contributed by atoms with Crippen LogP contribution in [0, 0.1) is 0 Å². The first kappa shape index (κ1) is 9.11. The molecule has 0 aliphatic heterocycles. The van der Waals surface area contributed by atoms with Crippen molar-refractivity contribution in [3.05, 3.63) is 24.0 Å². The summed E-state index contributed by atoms with van der Waals surface area (Å²) in [5.41, 5.74) is 0.304. The van der Waals surface area contributed by atoms with Crippen LogP contribution in [0.1, 0.15) is 5.56 Å². The number of aromatic nitrogens is 2. The van der Waals surface area contributed by atoms with E-state index >= 15 is 0 Å². The van der Waals surface area contributed by atoms with Crippen molar-refractivity contribution in [1.82, 2.24) is 10.2 Å². The van der Waals surface area contributed by atoms with Crippen LogP contribution in [-0.2, 0) is 11.2 Å². The largest absolute Gasteiger partial charge is 0.477 e. The predicted octanol–water partition coefficient (Wildman–Crippen LogP) is -0.0661. The summed E-state index contributed by atoms with van der Waals surface area (Å²) in [5, 5.41) is 26.6. The Bertz CT molecular complexity index is 323. The first-order chi connectivity index (χ1) is 6.24. The quantitative estimate of drug-likeness (QED) is 0.386. The molecule has 0 fully saturated rings. The first-order valence-electron chi connectivity index (χ1n) is 3.44. The van der Waals surface area contributed by atoms with E-state index in [9.17, 15) is 4.79 Å². The lowest BCUT2D eigenvalue weighted by atomic mass is 10.1. The second-order valence-electron chi connectivity index (χ2n) is 2.28. The van der Waals surface area contributed by atoms with Gasteiger partial charge in [0.15, 0.2) is 5.71 Å². The zero-order chi connectivity index (χ0) is 9.68. The van der Waals surface area contributed by atoms with Crippen LogP contribution in [-0.4, -0.2) is 32.2 Å². The lowest BCUT2D eigenvalue weighted by Crippen LogP contribution is -2.15. The Morgan fingerprint density at radius 2 is 2.31 bits per heavy atom. The van der Waals surface area contributed by atoms with Crippen molar-refractivity contribution in [1.29, 1.82) is 0 Å². The van der Waals surface area contributed by atoms with Gasteiger partial charge in [0.1, 0.15) is 0 Å². The summed E-state index contributed by atoms with van der Waals surface area (Å²) in [5.74, 6) is -1.25. The van der Waals surface area contributed by atoms with Gasteiger partial charge < -0.3 is 10.3 Å². The normalized spacial score (nSPS) is 11.2. The molecule has 1 aromatic heterocycles. The van der Waals surface area contributed by atoms with Gasteiger partial charge in [0.25, 0.3) is 0 Å². The summed E-state index contributed by atoms with van der Waals surface area (Å²) < 4.78 is 0. The number of hydrogen-bond donors (Lipinski definition) is 2. The van der Waals surface area contributed by atoms with Crippen molar-refractivity contribution in [3.8, 4) is 0 Å². The molecule has 6 heteroatoms. The molecule has 1 heterocycles. The molecule has 0 saturated carbocycles. The van der Waals surface area contributed by atoms with E-state index in [1.54, 1.807) is 6.07 Å². The fourth-order valence-electron chi connectivity index (χ4n) is 0.770. The zero-order valence-electron chi connectivity index (χ0n) is 6.58. The molecule has 68 valence electrons. The first-order valence-corrected chi connectivity index (χ1v) is 3.44. The van der Waals surface area contributed by atoms with E-state index in [1.165, 1.54) is 12.4 Å². The lowest BCUT2D eigenvalue weighted by Gasteiger charge is -1.97. The average Bonchev–Trinajstić information content (AvgIpc) is 2.15. The molecule has 1 rings (SSSR count). The SMILES string of the molecule is O=C(O)/C(Cc1ccnnc1)=N\O. The predicted molar refractivity (Wildman–Crippen MR) is 42.6 cm³/mol. The number of rotatable bonds is 3. The van der Waals surface area contributed by atoms with Crippen molar-refractivity contribution >= 4 is 11.7 Å². The van der Waals surface area contributed by atoms with E-state index in [-0.39, 0.29) is 12.1 Å². The van der Waals surface area contributed by atoms with Gasteiger partial charge >= 0.3 is 5.97 Å². The van der Waals surface area contributed by atoms with E-state index in [0.717, 1.165) is 0 Å². The van der Waals surface area contributed by atoms with Crippen LogP contribution in [0.15, 0.2) is 23.6 Å². The van der Waals surface area contributed by atoms with Gasteiger partial charge in [0.05, 0.1) is 6.20 Å². The monoisotopic (exact) mass is 181 g/mol. The highest BCUT2D eigenvalue weighted by Crippen LogP contribution is 1.97. The lowest BCUT2D eigenvalue weighted by molar-refractivity contribution is -0.129. The Labute approximate surface area is 73.5 Å². The third-order valence-corrected chi connectivity index (χ3v) is 1.38. The van der Waals surface area contributed by atoms with Crippen LogP contribution in [0.5, 0.6) is 0 Å². The second-order valence-corrected chi connectivity index (χ2v) is 2.28. The van der Waals surface area contributed by atoms with E-state index in [4.69, 9.17) is 10.3 Å². The summed E-state index contributed by atoms with van der Waals surface area (Å²) in [6, 6.07) is 1.60. The van der Waals surface area contributed by atoms with E-state index in [1.807, 2.05) is 0 Å². The number of carboxylic acids is 1. The van der Waals surface area contributed by atoms with Crippen LogP contribution in [0.3, 0.4) is 0 Å². The van der Waals surface area contributed by atoms with E-state index in [2.05, 4.69) is 15.4 Å². The number of carbonyl (C=O) groups is 1. The van der Waals surface area contributed by atoms with E-state index in [0.29, 0.717) is 5.56 Å². The van der Waals surface area contributed by atoms with Crippen LogP contribution in [0.25, 0.3) is 0 Å². The maximum absolute atomic E-state index is 10.4. The third kappa shape index (κ3) is 2.51. The molecule has 1 aromatic rings. The minimum Gasteiger partial charge on any atom is -0.477 e. The molecule has 0 saturated heterocycles. The number of nitrogens with zero attached hydrogens (tertiary/aromatic N) is 3. The van der Waals surface area contributed by atoms with Gasteiger partial charge in [-0.3, -0.25) is 0 Å². The maximum atomic E-state index is 10.4. The molecule has 0 atom stereocenters.